The molecule has 0 aromatic heterocycles. The van der Waals surface area contributed by atoms with E-state index in [1.807, 2.05) is 0 Å². The Morgan fingerprint density at radius 3 is 1.28 bits per heavy atom. The Kier molecular flexibility index (Phi) is 15.5. The van der Waals surface area contributed by atoms with Gasteiger partial charge in [-0.3, -0.25) is 9.59 Å². The van der Waals surface area contributed by atoms with Gasteiger partial charge < -0.3 is 20.4 Å². The van der Waals surface area contributed by atoms with E-state index in [0.717, 1.165) is 0 Å². The van der Waals surface area contributed by atoms with Crippen LogP contribution in [0.15, 0.2) is 0 Å². The third kappa shape index (κ3) is 14.9. The predicted octanol–water partition coefficient (Wildman–Crippen LogP) is 0.169. The van der Waals surface area contributed by atoms with Crippen LogP contribution in [-0.2, 0) is 27.4 Å². The first-order valence-electron chi connectivity index (χ1n) is 3.57. The molecule has 0 saturated carbocycles. The van der Waals surface area contributed by atoms with Crippen LogP contribution in [0.25, 0.3) is 0 Å². The van der Waals surface area contributed by atoms with Gasteiger partial charge in [0, 0.05) is 0 Å². The fourth-order valence-corrected chi connectivity index (χ4v) is 0.714. The fraction of sp³-hybridized carbons (Fsp3) is 0.500. The van der Waals surface area contributed by atoms with Crippen molar-refractivity contribution in [3.05, 3.63) is 0 Å². The van der Waals surface area contributed by atoms with Crippen molar-refractivity contribution in [1.29, 1.82) is 0 Å². The van der Waals surface area contributed by atoms with E-state index >= 15 is 0 Å². The minimum atomic E-state index is -2.74. The van der Waals surface area contributed by atoms with Crippen molar-refractivity contribution in [2.24, 2.45) is 0 Å². The van der Waals surface area contributed by atoms with E-state index in [1.54, 1.807) is 0 Å². The van der Waals surface area contributed by atoms with Gasteiger partial charge in [-0.25, -0.2) is 4.79 Å². The van der Waals surface area contributed by atoms with Crippen LogP contribution in [0.4, 0.5) is 0 Å². The monoisotopic (exact) mass is 423 g/mol. The molecule has 7 nitrogen and oxygen atoms in total. The topological polar surface area (TPSA) is 132 Å². The standard InChI is InChI=1S/C6H8O7.3ClH.Na.Ru.H/c7-3(8)1-6(13,5(11)12)2-4(9)10;;;;;;/h13H,1-2H2,(H,7,8)(H,9,10)(H,11,12);3*1H;;;/q;;;;;+3;/p-3. The Hall–Kier alpha value is 0.863. The van der Waals surface area contributed by atoms with Crippen molar-refractivity contribution in [1.82, 2.24) is 0 Å². The van der Waals surface area contributed by atoms with Crippen LogP contribution in [0.3, 0.4) is 0 Å². The quantitative estimate of drug-likeness (QED) is 0.463. The molecule has 0 aliphatic carbocycles. The maximum atomic E-state index is 10.3. The Balaban J connectivity index is -0.000000392. The van der Waals surface area contributed by atoms with Gasteiger partial charge in [0.05, 0.1) is 12.8 Å². The molecule has 0 heterocycles. The average Bonchev–Trinajstić information content (AvgIpc) is 1.98. The molecule has 0 rings (SSSR count). The number of carboxylic acid groups (broad SMARTS) is 3. The molecule has 105 valence electrons. The second-order valence-electron chi connectivity index (χ2n) is 2.63. The summed E-state index contributed by atoms with van der Waals surface area (Å²) in [6, 6.07) is 0. The summed E-state index contributed by atoms with van der Waals surface area (Å²) in [5.74, 6) is -5.02. The fourth-order valence-electron chi connectivity index (χ4n) is 0.714. The van der Waals surface area contributed by atoms with Crippen LogP contribution < -0.4 is 0 Å². The number of rotatable bonds is 5. The summed E-state index contributed by atoms with van der Waals surface area (Å²) in [7, 11) is 14.8. The van der Waals surface area contributed by atoms with Crippen molar-refractivity contribution >= 4 is 76.5 Å². The van der Waals surface area contributed by atoms with Crippen LogP contribution >= 0.6 is 29.1 Å². The average molecular weight is 424 g/mol. The predicted molar refractivity (Wildman–Crippen MR) is 61.8 cm³/mol. The Bertz CT molecular complexity index is 282. The van der Waals surface area contributed by atoms with Crippen LogP contribution in [0.1, 0.15) is 12.8 Å². The van der Waals surface area contributed by atoms with E-state index < -0.39 is 49.3 Å². The molecule has 0 saturated heterocycles. The minimum absolute atomic E-state index is 0. The first-order valence-corrected chi connectivity index (χ1v) is 10.3. The zero-order chi connectivity index (χ0) is 14.2. The summed E-state index contributed by atoms with van der Waals surface area (Å²) in [6.45, 7) is 0. The molecule has 0 aromatic rings. The van der Waals surface area contributed by atoms with Gasteiger partial charge in [0.25, 0.3) is 0 Å². The summed E-state index contributed by atoms with van der Waals surface area (Å²) in [6.07, 6.45) is -2.29. The van der Waals surface area contributed by atoms with Crippen molar-refractivity contribution in [2.45, 2.75) is 18.4 Å². The van der Waals surface area contributed by atoms with E-state index in [1.165, 1.54) is 0 Å². The molecular formula is C6H9Cl3NaO7Ru. The van der Waals surface area contributed by atoms with Gasteiger partial charge in [-0.15, -0.1) is 0 Å². The number of carbonyl (C=O) groups is 3. The van der Waals surface area contributed by atoms with Gasteiger partial charge >= 0.3 is 89.5 Å². The molecule has 0 spiro atoms. The summed E-state index contributed by atoms with van der Waals surface area (Å²) in [4.78, 5) is 30.5. The molecular weight excluding hydrogens is 414 g/mol. The third-order valence-corrected chi connectivity index (χ3v) is 1.29. The van der Waals surface area contributed by atoms with Gasteiger partial charge in [-0.05, 0) is 0 Å². The van der Waals surface area contributed by atoms with E-state index in [2.05, 4.69) is 0 Å². The van der Waals surface area contributed by atoms with E-state index in [0.29, 0.717) is 0 Å². The Morgan fingerprint density at radius 1 is 0.944 bits per heavy atom. The number of hydrogen-bond acceptors (Lipinski definition) is 4. The second-order valence-corrected chi connectivity index (χ2v) is 10.5. The van der Waals surface area contributed by atoms with E-state index in [4.69, 9.17) is 49.5 Å². The molecule has 4 N–H and O–H groups in total. The zero-order valence-corrected chi connectivity index (χ0v) is 11.9. The Morgan fingerprint density at radius 2 is 1.17 bits per heavy atom. The van der Waals surface area contributed by atoms with Crippen molar-refractivity contribution in [2.75, 3.05) is 0 Å². The molecule has 0 fully saturated rings. The summed E-state index contributed by atoms with van der Waals surface area (Å²) < 4.78 is 0. The third-order valence-electron chi connectivity index (χ3n) is 1.29. The summed E-state index contributed by atoms with van der Waals surface area (Å²) in [5.41, 5.74) is -2.74. The number of hydrogen-bond donors (Lipinski definition) is 4. The van der Waals surface area contributed by atoms with Crippen LogP contribution in [0, 0.1) is 0 Å². The normalized spacial score (nSPS) is 10.3. The molecule has 0 bridgehead atoms. The Labute approximate surface area is 141 Å². The number of aliphatic carboxylic acids is 3. The summed E-state index contributed by atoms with van der Waals surface area (Å²) in [5, 5.41) is 33.8. The van der Waals surface area contributed by atoms with Crippen molar-refractivity contribution < 1.29 is 47.8 Å². The van der Waals surface area contributed by atoms with Gasteiger partial charge in [-0.1, -0.05) is 0 Å². The van der Waals surface area contributed by atoms with Crippen molar-refractivity contribution in [3.8, 4) is 0 Å². The van der Waals surface area contributed by atoms with Gasteiger partial charge in [0.2, 0.25) is 0 Å². The molecule has 0 amide bonds. The van der Waals surface area contributed by atoms with Gasteiger partial charge in [0.1, 0.15) is 0 Å². The molecule has 0 aromatic carbocycles. The second kappa shape index (κ2) is 11.7. The number of aliphatic hydroxyl groups is 1. The molecule has 0 radical (unpaired) electrons. The van der Waals surface area contributed by atoms with Crippen LogP contribution in [0.5, 0.6) is 0 Å². The van der Waals surface area contributed by atoms with E-state index in [-0.39, 0.29) is 29.6 Å². The van der Waals surface area contributed by atoms with Gasteiger partial charge in [-0.2, -0.15) is 0 Å². The molecule has 0 aliphatic rings. The molecule has 0 aliphatic heterocycles. The van der Waals surface area contributed by atoms with Crippen molar-refractivity contribution in [3.63, 3.8) is 0 Å². The molecule has 18 heavy (non-hydrogen) atoms. The number of halogens is 3. The zero-order valence-electron chi connectivity index (χ0n) is 7.92. The number of carboxylic acids is 3. The SMILES string of the molecule is O=C(O)CC(O)(CC(=O)O)C(=O)O.[Cl][Ru]([Cl])[Cl].[NaH]. The van der Waals surface area contributed by atoms with Crippen LogP contribution in [0.2, 0.25) is 0 Å². The molecule has 0 atom stereocenters. The van der Waals surface area contributed by atoms with E-state index in [9.17, 15) is 14.4 Å². The first-order chi connectivity index (χ1) is 7.51. The maximum absolute atomic E-state index is 10.3. The molecule has 0 unspecified atom stereocenters. The first kappa shape index (κ1) is 23.9. The van der Waals surface area contributed by atoms with Crippen LogP contribution in [-0.4, -0.2) is 73.5 Å². The van der Waals surface area contributed by atoms with Gasteiger partial charge in [0.15, 0.2) is 5.60 Å². The summed E-state index contributed by atoms with van der Waals surface area (Å²) >= 11 is -1.75. The molecule has 12 heteroatoms.